The SMILES string of the molecule is B.F.F.F.F.N#N. The molecule has 0 heterocycles. The molecule has 0 aliphatic heterocycles. The maximum Gasteiger partial charge on any atom is 0.0814 e. The van der Waals surface area contributed by atoms with E-state index >= 15 is 0 Å². The van der Waals surface area contributed by atoms with E-state index in [0.717, 1.165) is 0 Å². The van der Waals surface area contributed by atoms with Crippen molar-refractivity contribution in [2.75, 3.05) is 0 Å². The fraction of sp³-hybridized carbons (Fsp3) is 0. The Morgan fingerprint density at radius 3 is 0.571 bits per heavy atom. The molecule has 0 aromatic rings. The predicted molar refractivity (Wildman–Crippen MR) is 23.4 cm³/mol. The van der Waals surface area contributed by atoms with Crippen LogP contribution in [-0.2, 0) is 0 Å². The van der Waals surface area contributed by atoms with Gasteiger partial charge < -0.3 is 0 Å². The Labute approximate surface area is 39.4 Å². The van der Waals surface area contributed by atoms with Gasteiger partial charge in [-0.3, -0.25) is 18.8 Å². The fourth-order valence-electron chi connectivity index (χ4n) is 0. The summed E-state index contributed by atoms with van der Waals surface area (Å²) in [5.41, 5.74) is 0. The van der Waals surface area contributed by atoms with Crippen LogP contribution < -0.4 is 0 Å². The van der Waals surface area contributed by atoms with Gasteiger partial charge in [0.25, 0.3) is 0 Å². The molecule has 0 amide bonds. The second-order valence-electron chi connectivity index (χ2n) is 0. The van der Waals surface area contributed by atoms with Crippen molar-refractivity contribution in [2.45, 2.75) is 0 Å². The van der Waals surface area contributed by atoms with Crippen LogP contribution in [0.1, 0.15) is 0 Å². The first-order chi connectivity index (χ1) is 1.00. The van der Waals surface area contributed by atoms with Crippen LogP contribution in [0.2, 0.25) is 0 Å². The van der Waals surface area contributed by atoms with E-state index in [4.69, 9.17) is 10.8 Å². The van der Waals surface area contributed by atoms with E-state index in [1.165, 1.54) is 0 Å². The van der Waals surface area contributed by atoms with Crippen LogP contribution in [0.4, 0.5) is 18.8 Å². The lowest BCUT2D eigenvalue weighted by Gasteiger charge is -0.577. The van der Waals surface area contributed by atoms with Crippen molar-refractivity contribution < 1.29 is 18.8 Å². The average molecular weight is 122 g/mol. The van der Waals surface area contributed by atoms with Crippen molar-refractivity contribution in [1.82, 2.24) is 0 Å². The lowest BCUT2D eigenvalue weighted by atomic mass is 10.8. The summed E-state index contributed by atoms with van der Waals surface area (Å²) in [7, 11) is 0. The number of hydrogen-bond acceptors (Lipinski definition) is 2. The van der Waals surface area contributed by atoms with Crippen molar-refractivity contribution in [3.8, 4) is 0 Å². The second-order valence-corrected chi connectivity index (χ2v) is 0. The molecule has 0 aliphatic carbocycles. The molecule has 0 rings (SSSR count). The van der Waals surface area contributed by atoms with Gasteiger partial charge >= 0.3 is 0 Å². The zero-order valence-electron chi connectivity index (χ0n) is 2.53. The molecule has 2 nitrogen and oxygen atoms in total. The Morgan fingerprint density at radius 1 is 0.571 bits per heavy atom. The third-order valence-electron chi connectivity index (χ3n) is 0. The number of halogens is 4. The van der Waals surface area contributed by atoms with Crippen LogP contribution in [0, 0.1) is 10.8 Å². The van der Waals surface area contributed by atoms with Gasteiger partial charge in [0.15, 0.2) is 0 Å². The van der Waals surface area contributed by atoms with E-state index in [1.54, 1.807) is 0 Å². The molecular weight excluding hydrogens is 115 g/mol. The first-order valence-electron chi connectivity index (χ1n) is 0.200. The summed E-state index contributed by atoms with van der Waals surface area (Å²) in [6, 6.07) is 0. The predicted octanol–water partition coefficient (Wildman–Crippen LogP) is -0.544. The maximum atomic E-state index is 6.00. The van der Waals surface area contributed by atoms with Gasteiger partial charge in [-0.25, -0.2) is 0 Å². The van der Waals surface area contributed by atoms with Crippen molar-refractivity contribution in [3.63, 3.8) is 0 Å². The monoisotopic (exact) mass is 122 g/mol. The molecular formula is H7BF4N2. The maximum absolute atomic E-state index is 6.00. The minimum Gasteiger partial charge on any atom is -0.269 e. The zero-order chi connectivity index (χ0) is 2.00. The van der Waals surface area contributed by atoms with Crippen LogP contribution >= 0.6 is 0 Å². The van der Waals surface area contributed by atoms with Gasteiger partial charge in [-0.1, -0.05) is 0 Å². The zero-order valence-corrected chi connectivity index (χ0v) is 2.53. The second kappa shape index (κ2) is 146. The van der Waals surface area contributed by atoms with Crippen molar-refractivity contribution in [1.29, 1.82) is 10.8 Å². The number of rotatable bonds is 0. The van der Waals surface area contributed by atoms with Crippen molar-refractivity contribution in [3.05, 3.63) is 0 Å². The van der Waals surface area contributed by atoms with Crippen LogP contribution in [0.3, 0.4) is 0 Å². The molecule has 0 aromatic carbocycles. The summed E-state index contributed by atoms with van der Waals surface area (Å²) >= 11 is 0. The highest BCUT2D eigenvalue weighted by Crippen LogP contribution is 0.592. The minimum atomic E-state index is 0. The largest absolute Gasteiger partial charge is 0.269 e. The summed E-state index contributed by atoms with van der Waals surface area (Å²) in [6.07, 6.45) is 0. The van der Waals surface area contributed by atoms with E-state index in [0.29, 0.717) is 0 Å². The van der Waals surface area contributed by atoms with Gasteiger partial charge in [-0.2, -0.15) is 0 Å². The van der Waals surface area contributed by atoms with Gasteiger partial charge in [-0.15, -0.1) is 0 Å². The lowest BCUT2D eigenvalue weighted by Crippen LogP contribution is -0.562. The number of nitrogens with zero attached hydrogens (tertiary/aromatic N) is 2. The lowest BCUT2D eigenvalue weighted by molar-refractivity contribution is 1.11. The van der Waals surface area contributed by atoms with Gasteiger partial charge in [0.05, 0.1) is 8.41 Å². The van der Waals surface area contributed by atoms with Crippen molar-refractivity contribution in [2.24, 2.45) is 0 Å². The Bertz CT molecular complexity index is 14.4. The Kier molecular flexibility index (Phi) is 83200. The minimum absolute atomic E-state index is 0. The Hall–Kier alpha value is -0.795. The van der Waals surface area contributed by atoms with Gasteiger partial charge in [0.2, 0.25) is 0 Å². The number of hydrogen-bond donors (Lipinski definition) is 0. The van der Waals surface area contributed by atoms with E-state index in [-0.39, 0.29) is 27.2 Å². The third-order valence-corrected chi connectivity index (χ3v) is 0. The first-order valence-corrected chi connectivity index (χ1v) is 0.200. The summed E-state index contributed by atoms with van der Waals surface area (Å²) in [6.45, 7) is 0. The summed E-state index contributed by atoms with van der Waals surface area (Å²) in [4.78, 5) is 0. The van der Waals surface area contributed by atoms with Crippen LogP contribution in [0.25, 0.3) is 0 Å². The third kappa shape index (κ3) is 84.6. The van der Waals surface area contributed by atoms with Gasteiger partial charge in [0.1, 0.15) is 0 Å². The van der Waals surface area contributed by atoms with E-state index in [2.05, 4.69) is 0 Å². The molecule has 0 N–H and O–H groups in total. The molecule has 7 heavy (non-hydrogen) atoms. The van der Waals surface area contributed by atoms with Crippen LogP contribution in [0.5, 0.6) is 0 Å². The van der Waals surface area contributed by atoms with Crippen LogP contribution in [0.15, 0.2) is 0 Å². The molecule has 0 unspecified atom stereocenters. The molecule has 0 saturated carbocycles. The van der Waals surface area contributed by atoms with Crippen molar-refractivity contribution >= 4 is 8.41 Å². The summed E-state index contributed by atoms with van der Waals surface area (Å²) in [5, 5.41) is 12.0. The molecule has 7 heteroatoms. The Balaban J connectivity index is -0.000000000500. The van der Waals surface area contributed by atoms with Crippen LogP contribution in [-0.4, -0.2) is 8.41 Å². The molecule has 0 saturated heterocycles. The molecule has 0 bridgehead atoms. The molecule has 0 spiro atoms. The molecule has 0 aromatic heterocycles. The first kappa shape index (κ1) is 4000. The smallest absolute Gasteiger partial charge is 0.0814 e. The van der Waals surface area contributed by atoms with E-state index in [9.17, 15) is 0 Å². The van der Waals surface area contributed by atoms with Gasteiger partial charge in [0, 0.05) is 10.8 Å². The van der Waals surface area contributed by atoms with E-state index < -0.39 is 0 Å². The molecule has 0 fully saturated rings. The van der Waals surface area contributed by atoms with E-state index in [1.807, 2.05) is 0 Å². The molecule has 0 aliphatic rings. The average Bonchev–Trinajstić information content (AvgIpc) is 1.00. The molecule has 0 radical (unpaired) electrons. The normalized spacial score (nSPS) is 0.286. The Morgan fingerprint density at radius 2 is 0.571 bits per heavy atom. The summed E-state index contributed by atoms with van der Waals surface area (Å²) in [5.74, 6) is 0. The molecule has 0 atom stereocenters. The molecule has 48 valence electrons. The highest BCUT2D eigenvalue weighted by Gasteiger charge is 0.577. The standard InChI is InChI=1S/BH3.4FH.N2/c;;;;;1-2/h1H3;4*1H;. The summed E-state index contributed by atoms with van der Waals surface area (Å²) < 4.78 is 0. The van der Waals surface area contributed by atoms with Gasteiger partial charge in [-0.05, 0) is 0 Å². The highest BCUT2D eigenvalue weighted by atomic mass is 19.0. The topological polar surface area (TPSA) is 47.6 Å². The quantitative estimate of drug-likeness (QED) is 0.246. The highest BCUT2D eigenvalue weighted by molar-refractivity contribution is 5.75. The fourth-order valence-corrected chi connectivity index (χ4v) is 0.